The van der Waals surface area contributed by atoms with Crippen molar-refractivity contribution in [1.29, 1.82) is 0 Å². The first kappa shape index (κ1) is 17.1. The van der Waals surface area contributed by atoms with E-state index in [0.717, 1.165) is 5.56 Å². The molecule has 0 unspecified atom stereocenters. The van der Waals surface area contributed by atoms with Crippen LogP contribution in [0.2, 0.25) is 5.02 Å². The van der Waals surface area contributed by atoms with Gasteiger partial charge < -0.3 is 5.32 Å². The van der Waals surface area contributed by atoms with Crippen LogP contribution in [0, 0.1) is 5.82 Å². The van der Waals surface area contributed by atoms with E-state index in [-0.39, 0.29) is 10.6 Å². The number of aromatic nitrogens is 2. The Morgan fingerprint density at radius 2 is 2.08 bits per heavy atom. The third-order valence-electron chi connectivity index (χ3n) is 3.73. The highest BCUT2D eigenvalue weighted by molar-refractivity contribution is 7.83. The first-order chi connectivity index (χ1) is 11.2. The molecule has 1 aliphatic heterocycles. The highest BCUT2D eigenvalue weighted by atomic mass is 35.5. The zero-order chi connectivity index (χ0) is 17.6. The number of benzene rings is 1. The van der Waals surface area contributed by atoms with Gasteiger partial charge in [0.25, 0.3) is 5.91 Å². The van der Waals surface area contributed by atoms with E-state index in [1.165, 1.54) is 18.2 Å². The molecule has 8 heteroatoms. The van der Waals surface area contributed by atoms with Crippen LogP contribution in [-0.2, 0) is 27.8 Å². The SMILES string of the molecule is CC(C)(C)n1nc2c(c1NC(=O)c1c(F)cccc1Cl)C[S@](=O)C2. The van der Waals surface area contributed by atoms with Crippen LogP contribution in [0.15, 0.2) is 18.2 Å². The van der Waals surface area contributed by atoms with Crippen molar-refractivity contribution >= 4 is 34.1 Å². The molecule has 0 saturated heterocycles. The summed E-state index contributed by atoms with van der Waals surface area (Å²) in [4.78, 5) is 12.6. The minimum Gasteiger partial charge on any atom is -0.306 e. The predicted molar refractivity (Wildman–Crippen MR) is 92.1 cm³/mol. The molecular weight excluding hydrogens is 353 g/mol. The number of amides is 1. The third kappa shape index (κ3) is 2.98. The van der Waals surface area contributed by atoms with Crippen molar-refractivity contribution in [2.24, 2.45) is 0 Å². The number of carbonyl (C=O) groups is 1. The Labute approximate surface area is 146 Å². The lowest BCUT2D eigenvalue weighted by molar-refractivity contribution is 0.102. The summed E-state index contributed by atoms with van der Waals surface area (Å²) in [6, 6.07) is 4.08. The van der Waals surface area contributed by atoms with E-state index in [2.05, 4.69) is 10.4 Å². The van der Waals surface area contributed by atoms with Gasteiger partial charge in [0, 0.05) is 16.4 Å². The lowest BCUT2D eigenvalue weighted by Gasteiger charge is -2.23. The van der Waals surface area contributed by atoms with Gasteiger partial charge in [0.15, 0.2) is 0 Å². The number of anilines is 1. The van der Waals surface area contributed by atoms with Gasteiger partial charge in [-0.25, -0.2) is 9.07 Å². The Balaban J connectivity index is 2.04. The third-order valence-corrected chi connectivity index (χ3v) is 5.25. The second-order valence-electron chi connectivity index (χ2n) is 6.64. The molecule has 1 atom stereocenters. The summed E-state index contributed by atoms with van der Waals surface area (Å²) in [5, 5.41) is 7.24. The van der Waals surface area contributed by atoms with Crippen molar-refractivity contribution in [3.05, 3.63) is 45.9 Å². The molecule has 0 saturated carbocycles. The summed E-state index contributed by atoms with van der Waals surface area (Å²) < 4.78 is 27.5. The number of halogens is 2. The van der Waals surface area contributed by atoms with E-state index >= 15 is 0 Å². The van der Waals surface area contributed by atoms with Crippen molar-refractivity contribution in [1.82, 2.24) is 9.78 Å². The lowest BCUT2D eigenvalue weighted by atomic mass is 10.1. The number of carbonyl (C=O) groups excluding carboxylic acids is 1. The second-order valence-corrected chi connectivity index (χ2v) is 8.50. The fourth-order valence-electron chi connectivity index (χ4n) is 2.63. The second kappa shape index (κ2) is 5.97. The smallest absolute Gasteiger partial charge is 0.261 e. The first-order valence-corrected chi connectivity index (χ1v) is 9.26. The number of fused-ring (bicyclic) bond motifs is 1. The summed E-state index contributed by atoms with van der Waals surface area (Å²) in [6.45, 7) is 5.83. The molecule has 128 valence electrons. The largest absolute Gasteiger partial charge is 0.306 e. The lowest BCUT2D eigenvalue weighted by Crippen LogP contribution is -2.28. The van der Waals surface area contributed by atoms with Crippen molar-refractivity contribution in [2.45, 2.75) is 37.8 Å². The van der Waals surface area contributed by atoms with Gasteiger partial charge in [-0.3, -0.25) is 9.00 Å². The molecule has 1 N–H and O–H groups in total. The van der Waals surface area contributed by atoms with Gasteiger partial charge in [-0.1, -0.05) is 17.7 Å². The van der Waals surface area contributed by atoms with Crippen LogP contribution in [0.1, 0.15) is 42.4 Å². The zero-order valence-corrected chi connectivity index (χ0v) is 15.1. The average molecular weight is 370 g/mol. The van der Waals surface area contributed by atoms with Gasteiger partial charge in [0.2, 0.25) is 0 Å². The van der Waals surface area contributed by atoms with Crippen molar-refractivity contribution < 1.29 is 13.4 Å². The maximum absolute atomic E-state index is 14.0. The van der Waals surface area contributed by atoms with Gasteiger partial charge in [0.05, 0.1) is 33.3 Å². The van der Waals surface area contributed by atoms with E-state index in [1.807, 2.05) is 20.8 Å². The number of nitrogens with one attached hydrogen (secondary N) is 1. The van der Waals surface area contributed by atoms with E-state index in [1.54, 1.807) is 4.68 Å². The highest BCUT2D eigenvalue weighted by Gasteiger charge is 2.32. The Hall–Kier alpha value is -1.73. The number of hydrogen-bond acceptors (Lipinski definition) is 3. The van der Waals surface area contributed by atoms with Gasteiger partial charge in [-0.05, 0) is 32.9 Å². The van der Waals surface area contributed by atoms with Gasteiger partial charge in [-0.2, -0.15) is 5.10 Å². The number of rotatable bonds is 2. The van der Waals surface area contributed by atoms with Crippen LogP contribution in [0.4, 0.5) is 10.2 Å². The fourth-order valence-corrected chi connectivity index (χ4v) is 4.14. The topological polar surface area (TPSA) is 64.0 Å². The van der Waals surface area contributed by atoms with Crippen LogP contribution < -0.4 is 5.32 Å². The number of hydrogen-bond donors (Lipinski definition) is 1. The maximum Gasteiger partial charge on any atom is 0.261 e. The summed E-state index contributed by atoms with van der Waals surface area (Å²) in [7, 11) is -1.03. The molecule has 1 aromatic carbocycles. The summed E-state index contributed by atoms with van der Waals surface area (Å²) in [5.41, 5.74) is 0.837. The fraction of sp³-hybridized carbons (Fsp3) is 0.375. The molecule has 0 fully saturated rings. The van der Waals surface area contributed by atoms with Crippen LogP contribution in [0.5, 0.6) is 0 Å². The molecule has 0 bridgehead atoms. The average Bonchev–Trinajstić information content (AvgIpc) is 2.96. The molecule has 24 heavy (non-hydrogen) atoms. The molecule has 0 radical (unpaired) electrons. The molecule has 2 aromatic rings. The Morgan fingerprint density at radius 3 is 2.71 bits per heavy atom. The molecular formula is C16H17ClFN3O2S. The molecule has 0 aliphatic carbocycles. The molecule has 1 aromatic heterocycles. The van der Waals surface area contributed by atoms with Crippen molar-refractivity contribution in [2.75, 3.05) is 5.32 Å². The van der Waals surface area contributed by atoms with E-state index in [0.29, 0.717) is 23.0 Å². The van der Waals surface area contributed by atoms with E-state index in [9.17, 15) is 13.4 Å². The summed E-state index contributed by atoms with van der Waals surface area (Å²) >= 11 is 5.96. The minimum atomic E-state index is -1.03. The molecule has 0 spiro atoms. The Bertz CT molecular complexity index is 837. The highest BCUT2D eigenvalue weighted by Crippen LogP contribution is 2.33. The van der Waals surface area contributed by atoms with Gasteiger partial charge in [0.1, 0.15) is 11.6 Å². The molecule has 1 aliphatic rings. The van der Waals surface area contributed by atoms with Gasteiger partial charge >= 0.3 is 0 Å². The van der Waals surface area contributed by atoms with Crippen molar-refractivity contribution in [3.63, 3.8) is 0 Å². The zero-order valence-electron chi connectivity index (χ0n) is 13.5. The first-order valence-electron chi connectivity index (χ1n) is 7.40. The van der Waals surface area contributed by atoms with E-state index < -0.39 is 28.1 Å². The Kier molecular flexibility index (Phi) is 4.25. The van der Waals surface area contributed by atoms with Crippen LogP contribution in [0.25, 0.3) is 0 Å². The Morgan fingerprint density at radius 1 is 1.38 bits per heavy atom. The van der Waals surface area contributed by atoms with Crippen molar-refractivity contribution in [3.8, 4) is 0 Å². The monoisotopic (exact) mass is 369 g/mol. The van der Waals surface area contributed by atoms with E-state index in [4.69, 9.17) is 11.6 Å². The standard InChI is InChI=1S/C16H17ClFN3O2S/c1-16(2,3)21-14(9-7-24(23)8-12(9)20-21)19-15(22)13-10(17)5-4-6-11(13)18/h4-6H,7-8H2,1-3H3,(H,19,22)/t24-/m0/s1. The van der Waals surface area contributed by atoms with Crippen LogP contribution >= 0.6 is 11.6 Å². The molecule has 2 heterocycles. The summed E-state index contributed by atoms with van der Waals surface area (Å²) in [6.07, 6.45) is 0. The van der Waals surface area contributed by atoms with Crippen LogP contribution in [-0.4, -0.2) is 19.9 Å². The van der Waals surface area contributed by atoms with Gasteiger partial charge in [-0.15, -0.1) is 0 Å². The van der Waals surface area contributed by atoms with Crippen LogP contribution in [0.3, 0.4) is 0 Å². The minimum absolute atomic E-state index is 0.0366. The maximum atomic E-state index is 14.0. The predicted octanol–water partition coefficient (Wildman–Crippen LogP) is 3.45. The quantitative estimate of drug-likeness (QED) is 0.881. The molecule has 1 amide bonds. The summed E-state index contributed by atoms with van der Waals surface area (Å²) in [5.74, 6) is -0.202. The normalized spacial score (nSPS) is 17.0. The molecule has 3 rings (SSSR count). The molecule has 5 nitrogen and oxygen atoms in total. The number of nitrogens with zero attached hydrogens (tertiary/aromatic N) is 2.